The van der Waals surface area contributed by atoms with Crippen molar-refractivity contribution >= 4 is 18.3 Å². The van der Waals surface area contributed by atoms with Crippen LogP contribution >= 0.6 is 12.4 Å². The highest BCUT2D eigenvalue weighted by atomic mass is 35.5. The van der Waals surface area contributed by atoms with Crippen molar-refractivity contribution in [1.82, 2.24) is 9.80 Å². The SMILES string of the molecule is COCC(=O)N1CCCCCC1C1CCN(Cc2ccc(C#N)cc2)CC1.Cl. The monoisotopic (exact) mass is 405 g/mol. The summed E-state index contributed by atoms with van der Waals surface area (Å²) in [7, 11) is 1.60. The van der Waals surface area contributed by atoms with Crippen molar-refractivity contribution in [2.75, 3.05) is 33.4 Å². The first-order valence-electron chi connectivity index (χ1n) is 10.2. The molecule has 0 radical (unpaired) electrons. The Kier molecular flexibility index (Phi) is 9.24. The summed E-state index contributed by atoms with van der Waals surface area (Å²) in [5, 5.41) is 8.92. The molecule has 0 aliphatic carbocycles. The number of ether oxygens (including phenoxy) is 1. The third kappa shape index (κ3) is 5.94. The molecule has 2 saturated heterocycles. The molecule has 0 spiro atoms. The molecule has 6 heteroatoms. The van der Waals surface area contributed by atoms with Gasteiger partial charge >= 0.3 is 0 Å². The third-order valence-corrected chi connectivity index (χ3v) is 6.05. The van der Waals surface area contributed by atoms with Crippen molar-refractivity contribution in [2.24, 2.45) is 5.92 Å². The molecule has 2 aliphatic rings. The molecule has 0 bridgehead atoms. The summed E-state index contributed by atoms with van der Waals surface area (Å²) in [6, 6.07) is 10.5. The number of benzene rings is 1. The van der Waals surface area contributed by atoms with Crippen molar-refractivity contribution < 1.29 is 9.53 Å². The molecule has 1 unspecified atom stereocenters. The smallest absolute Gasteiger partial charge is 0.248 e. The van der Waals surface area contributed by atoms with Crippen LogP contribution < -0.4 is 0 Å². The topological polar surface area (TPSA) is 56.6 Å². The minimum atomic E-state index is 0. The Bertz CT molecular complexity index is 651. The lowest BCUT2D eigenvalue weighted by atomic mass is 9.86. The fourth-order valence-electron chi connectivity index (χ4n) is 4.58. The van der Waals surface area contributed by atoms with Crippen molar-refractivity contribution in [2.45, 2.75) is 51.1 Å². The summed E-state index contributed by atoms with van der Waals surface area (Å²) in [6.45, 7) is 4.18. The van der Waals surface area contributed by atoms with Gasteiger partial charge in [0.1, 0.15) is 6.61 Å². The Hall–Kier alpha value is -1.61. The molecule has 0 aromatic heterocycles. The molecule has 1 aromatic rings. The standard InChI is InChI=1S/C22H31N3O2.ClH/c1-27-17-22(26)25-12-4-2-3-5-21(25)20-10-13-24(14-11-20)16-19-8-6-18(15-23)7-9-19;/h6-9,20-21H,2-5,10-14,16-17H2,1H3;1H. The Morgan fingerprint density at radius 2 is 1.82 bits per heavy atom. The zero-order chi connectivity index (χ0) is 19.1. The van der Waals surface area contributed by atoms with E-state index in [1.54, 1.807) is 7.11 Å². The number of carbonyl (C=O) groups is 1. The second-order valence-corrected chi connectivity index (χ2v) is 7.86. The van der Waals surface area contributed by atoms with E-state index in [0.717, 1.165) is 51.9 Å². The first-order chi connectivity index (χ1) is 13.2. The van der Waals surface area contributed by atoms with E-state index in [2.05, 4.69) is 28.0 Å². The average Bonchev–Trinajstić information content (AvgIpc) is 2.95. The van der Waals surface area contributed by atoms with Crippen LogP contribution in [-0.2, 0) is 16.1 Å². The predicted octanol–water partition coefficient (Wildman–Crippen LogP) is 3.61. The van der Waals surface area contributed by atoms with Gasteiger partial charge in [-0.05, 0) is 62.4 Å². The van der Waals surface area contributed by atoms with Gasteiger partial charge in [-0.2, -0.15) is 5.26 Å². The summed E-state index contributed by atoms with van der Waals surface area (Å²) in [5.74, 6) is 0.755. The van der Waals surface area contributed by atoms with Crippen LogP contribution in [0, 0.1) is 17.2 Å². The summed E-state index contributed by atoms with van der Waals surface area (Å²) in [6.07, 6.45) is 7.01. The fourth-order valence-corrected chi connectivity index (χ4v) is 4.58. The van der Waals surface area contributed by atoms with E-state index in [9.17, 15) is 4.79 Å². The number of rotatable bonds is 5. The summed E-state index contributed by atoms with van der Waals surface area (Å²) >= 11 is 0. The molecule has 5 nitrogen and oxygen atoms in total. The van der Waals surface area contributed by atoms with Crippen LogP contribution in [0.5, 0.6) is 0 Å². The average molecular weight is 406 g/mol. The summed E-state index contributed by atoms with van der Waals surface area (Å²) in [4.78, 5) is 17.1. The number of nitriles is 1. The maximum absolute atomic E-state index is 12.5. The van der Waals surface area contributed by atoms with Gasteiger partial charge in [0.2, 0.25) is 5.91 Å². The zero-order valence-corrected chi connectivity index (χ0v) is 17.6. The first-order valence-corrected chi connectivity index (χ1v) is 10.2. The molecule has 2 fully saturated rings. The van der Waals surface area contributed by atoms with Gasteiger partial charge in [0, 0.05) is 26.2 Å². The van der Waals surface area contributed by atoms with Crippen molar-refractivity contribution in [3.63, 3.8) is 0 Å². The van der Waals surface area contributed by atoms with Crippen LogP contribution in [0.15, 0.2) is 24.3 Å². The Morgan fingerprint density at radius 3 is 2.46 bits per heavy atom. The van der Waals surface area contributed by atoms with Gasteiger partial charge in [-0.15, -0.1) is 12.4 Å². The zero-order valence-electron chi connectivity index (χ0n) is 16.8. The van der Waals surface area contributed by atoms with E-state index in [1.807, 2.05) is 12.1 Å². The number of halogens is 1. The number of carbonyl (C=O) groups excluding carboxylic acids is 1. The molecule has 2 heterocycles. The van der Waals surface area contributed by atoms with Crippen LogP contribution in [0.3, 0.4) is 0 Å². The first kappa shape index (κ1) is 22.7. The highest BCUT2D eigenvalue weighted by Crippen LogP contribution is 2.30. The summed E-state index contributed by atoms with van der Waals surface area (Å²) in [5.41, 5.74) is 1.98. The number of piperidine rings is 1. The van der Waals surface area contributed by atoms with E-state index in [1.165, 1.54) is 18.4 Å². The third-order valence-electron chi connectivity index (χ3n) is 6.05. The minimum absolute atomic E-state index is 0. The van der Waals surface area contributed by atoms with Crippen LogP contribution in [0.25, 0.3) is 0 Å². The highest BCUT2D eigenvalue weighted by molar-refractivity contribution is 5.85. The number of likely N-dealkylation sites (tertiary alicyclic amines) is 2. The Labute approximate surface area is 175 Å². The van der Waals surface area contributed by atoms with E-state index < -0.39 is 0 Å². The van der Waals surface area contributed by atoms with Crippen molar-refractivity contribution in [1.29, 1.82) is 5.26 Å². The van der Waals surface area contributed by atoms with Crippen LogP contribution in [0.4, 0.5) is 0 Å². The molecular weight excluding hydrogens is 374 g/mol. The van der Waals surface area contributed by atoms with Gasteiger partial charge in [-0.3, -0.25) is 9.69 Å². The highest BCUT2D eigenvalue weighted by Gasteiger charge is 2.33. The van der Waals surface area contributed by atoms with Crippen LogP contribution in [-0.4, -0.2) is 55.1 Å². The molecule has 3 rings (SSSR count). The molecule has 1 atom stereocenters. The van der Waals surface area contributed by atoms with Crippen molar-refractivity contribution in [3.05, 3.63) is 35.4 Å². The van der Waals surface area contributed by atoms with Gasteiger partial charge in [-0.1, -0.05) is 25.0 Å². The van der Waals surface area contributed by atoms with E-state index in [4.69, 9.17) is 10.00 Å². The maximum Gasteiger partial charge on any atom is 0.248 e. The van der Waals surface area contributed by atoms with Crippen LogP contribution in [0.1, 0.15) is 49.7 Å². The number of amides is 1. The van der Waals surface area contributed by atoms with Gasteiger partial charge in [0.15, 0.2) is 0 Å². The number of methoxy groups -OCH3 is 1. The molecule has 0 saturated carbocycles. The lowest BCUT2D eigenvalue weighted by Gasteiger charge is -2.40. The lowest BCUT2D eigenvalue weighted by Crippen LogP contribution is -2.48. The predicted molar refractivity (Wildman–Crippen MR) is 112 cm³/mol. The van der Waals surface area contributed by atoms with Gasteiger partial charge in [0.05, 0.1) is 11.6 Å². The fraction of sp³-hybridized carbons (Fsp3) is 0.636. The van der Waals surface area contributed by atoms with Crippen LogP contribution in [0.2, 0.25) is 0 Å². The van der Waals surface area contributed by atoms with Crippen molar-refractivity contribution in [3.8, 4) is 6.07 Å². The second-order valence-electron chi connectivity index (χ2n) is 7.86. The largest absolute Gasteiger partial charge is 0.375 e. The Balaban J connectivity index is 0.00000280. The summed E-state index contributed by atoms with van der Waals surface area (Å²) < 4.78 is 5.11. The van der Waals surface area contributed by atoms with Gasteiger partial charge in [-0.25, -0.2) is 0 Å². The number of nitrogens with zero attached hydrogens (tertiary/aromatic N) is 3. The molecule has 1 aromatic carbocycles. The molecule has 2 aliphatic heterocycles. The number of hydrogen-bond acceptors (Lipinski definition) is 4. The lowest BCUT2D eigenvalue weighted by molar-refractivity contribution is -0.139. The quantitative estimate of drug-likeness (QED) is 0.750. The molecule has 154 valence electrons. The maximum atomic E-state index is 12.5. The van der Waals surface area contributed by atoms with Gasteiger partial charge < -0.3 is 9.64 Å². The van der Waals surface area contributed by atoms with Gasteiger partial charge in [0.25, 0.3) is 0 Å². The normalized spacial score (nSPS) is 21.4. The van der Waals surface area contributed by atoms with E-state index >= 15 is 0 Å². The molecule has 28 heavy (non-hydrogen) atoms. The second kappa shape index (κ2) is 11.4. The van der Waals surface area contributed by atoms with E-state index in [-0.39, 0.29) is 24.9 Å². The molecular formula is C22H32ClN3O2. The minimum Gasteiger partial charge on any atom is -0.375 e. The number of hydrogen-bond donors (Lipinski definition) is 0. The molecule has 0 N–H and O–H groups in total. The Morgan fingerprint density at radius 1 is 1.11 bits per heavy atom. The van der Waals surface area contributed by atoms with E-state index in [0.29, 0.717) is 17.5 Å². The molecule has 1 amide bonds.